The van der Waals surface area contributed by atoms with Gasteiger partial charge >= 0.3 is 0 Å². The molecule has 0 aliphatic carbocycles. The Labute approximate surface area is 171 Å². The summed E-state index contributed by atoms with van der Waals surface area (Å²) in [6, 6.07) is 30.0. The Morgan fingerprint density at radius 3 is 2.28 bits per heavy atom. The number of phenols is 1. The Morgan fingerprint density at radius 2 is 1.48 bits per heavy atom. The minimum atomic E-state index is -0.243. The van der Waals surface area contributed by atoms with E-state index >= 15 is 0 Å². The molecule has 3 nitrogen and oxygen atoms in total. The minimum Gasteiger partial charge on any atom is -0.508 e. The van der Waals surface area contributed by atoms with Crippen LogP contribution in [0.15, 0.2) is 91.0 Å². The van der Waals surface area contributed by atoms with E-state index in [2.05, 4.69) is 42.6 Å². The van der Waals surface area contributed by atoms with Crippen molar-refractivity contribution in [2.75, 3.05) is 7.11 Å². The van der Waals surface area contributed by atoms with Crippen LogP contribution in [0.2, 0.25) is 0 Å². The number of benzene rings is 4. The van der Waals surface area contributed by atoms with Crippen molar-refractivity contribution < 1.29 is 9.84 Å². The molecule has 0 aromatic heterocycles. The fraction of sp³-hybridized carbons (Fsp3) is 0.154. The van der Waals surface area contributed by atoms with E-state index in [9.17, 15) is 5.11 Å². The van der Waals surface area contributed by atoms with E-state index in [-0.39, 0.29) is 17.8 Å². The van der Waals surface area contributed by atoms with Crippen LogP contribution in [0, 0.1) is 0 Å². The van der Waals surface area contributed by atoms with Gasteiger partial charge in [-0.05, 0) is 35.4 Å². The van der Waals surface area contributed by atoms with Crippen molar-refractivity contribution in [2.24, 2.45) is 0 Å². The second-order valence-electron chi connectivity index (χ2n) is 7.19. The average molecular weight is 383 g/mol. The predicted octanol–water partition coefficient (Wildman–Crippen LogP) is 5.99. The Kier molecular flexibility index (Phi) is 5.50. The quantitative estimate of drug-likeness (QED) is 0.429. The van der Waals surface area contributed by atoms with Gasteiger partial charge in [0.05, 0.1) is 13.2 Å². The van der Waals surface area contributed by atoms with E-state index in [0.717, 1.165) is 27.6 Å². The van der Waals surface area contributed by atoms with Gasteiger partial charge < -0.3 is 9.84 Å². The number of methoxy groups -OCH3 is 1. The molecular weight excluding hydrogens is 358 g/mol. The molecule has 0 aliphatic rings. The van der Waals surface area contributed by atoms with E-state index in [4.69, 9.17) is 4.74 Å². The first-order valence-corrected chi connectivity index (χ1v) is 9.83. The third-order valence-corrected chi connectivity index (χ3v) is 5.40. The zero-order valence-corrected chi connectivity index (χ0v) is 16.7. The predicted molar refractivity (Wildman–Crippen MR) is 118 cm³/mol. The molecular formula is C26H25NO2. The minimum absolute atomic E-state index is 0.0736. The molecule has 2 atom stereocenters. The fourth-order valence-electron chi connectivity index (χ4n) is 3.91. The smallest absolute Gasteiger partial charge is 0.123 e. The third kappa shape index (κ3) is 3.82. The summed E-state index contributed by atoms with van der Waals surface area (Å²) in [5, 5.41) is 16.8. The summed E-state index contributed by atoms with van der Waals surface area (Å²) >= 11 is 0. The summed E-state index contributed by atoms with van der Waals surface area (Å²) in [6.45, 7) is 2.14. The van der Waals surface area contributed by atoms with Crippen LogP contribution in [0.3, 0.4) is 0 Å². The third-order valence-electron chi connectivity index (χ3n) is 5.40. The number of aromatic hydroxyl groups is 1. The van der Waals surface area contributed by atoms with Gasteiger partial charge in [-0.1, -0.05) is 78.9 Å². The van der Waals surface area contributed by atoms with E-state index in [0.29, 0.717) is 0 Å². The molecule has 146 valence electrons. The van der Waals surface area contributed by atoms with E-state index in [1.165, 1.54) is 5.56 Å². The van der Waals surface area contributed by atoms with Gasteiger partial charge in [0.25, 0.3) is 0 Å². The summed E-state index contributed by atoms with van der Waals surface area (Å²) in [6.07, 6.45) is 0. The van der Waals surface area contributed by atoms with Gasteiger partial charge in [-0.3, -0.25) is 5.32 Å². The van der Waals surface area contributed by atoms with Gasteiger partial charge in [-0.15, -0.1) is 0 Å². The first kappa shape index (κ1) is 19.0. The maximum Gasteiger partial charge on any atom is 0.123 e. The zero-order chi connectivity index (χ0) is 20.2. The number of ether oxygens (including phenoxy) is 1. The lowest BCUT2D eigenvalue weighted by atomic mass is 9.91. The van der Waals surface area contributed by atoms with Crippen LogP contribution in [0.25, 0.3) is 10.8 Å². The lowest BCUT2D eigenvalue weighted by Crippen LogP contribution is -2.26. The summed E-state index contributed by atoms with van der Waals surface area (Å²) in [5.74, 6) is 1.06. The number of nitrogens with one attached hydrogen (secondary N) is 1. The maximum absolute atomic E-state index is 10.9. The molecule has 1 unspecified atom stereocenters. The van der Waals surface area contributed by atoms with Crippen LogP contribution < -0.4 is 10.1 Å². The number of fused-ring (bicyclic) bond motifs is 1. The fourth-order valence-corrected chi connectivity index (χ4v) is 3.91. The van der Waals surface area contributed by atoms with Gasteiger partial charge in [0.2, 0.25) is 0 Å². The Bertz CT molecular complexity index is 1110. The van der Waals surface area contributed by atoms with E-state index in [1.54, 1.807) is 13.2 Å². The Balaban J connectivity index is 1.89. The SMILES string of the molecule is COc1ccccc1C(N[C@@H](C)c1ccccc1)c1c(O)ccc2ccccc12. The molecule has 3 heteroatoms. The van der Waals surface area contributed by atoms with Crippen LogP contribution in [-0.2, 0) is 0 Å². The number of rotatable bonds is 6. The first-order valence-electron chi connectivity index (χ1n) is 9.83. The second kappa shape index (κ2) is 8.38. The molecule has 0 bridgehead atoms. The summed E-state index contributed by atoms with van der Waals surface area (Å²) in [4.78, 5) is 0. The van der Waals surface area contributed by atoms with Crippen molar-refractivity contribution in [1.82, 2.24) is 5.32 Å². The van der Waals surface area contributed by atoms with Crippen LogP contribution in [0.1, 0.15) is 35.7 Å². The van der Waals surface area contributed by atoms with E-state index in [1.807, 2.05) is 54.6 Å². The normalized spacial score (nSPS) is 13.2. The molecule has 0 radical (unpaired) electrons. The number of para-hydroxylation sites is 1. The van der Waals surface area contributed by atoms with Crippen molar-refractivity contribution in [3.05, 3.63) is 108 Å². The lowest BCUT2D eigenvalue weighted by molar-refractivity contribution is 0.397. The molecule has 0 fully saturated rings. The number of hydrogen-bond acceptors (Lipinski definition) is 3. The summed E-state index contributed by atoms with van der Waals surface area (Å²) < 4.78 is 5.67. The van der Waals surface area contributed by atoms with Crippen molar-refractivity contribution >= 4 is 10.8 Å². The van der Waals surface area contributed by atoms with Crippen molar-refractivity contribution in [3.8, 4) is 11.5 Å². The Morgan fingerprint density at radius 1 is 0.793 bits per heavy atom. The highest BCUT2D eigenvalue weighted by molar-refractivity contribution is 5.88. The highest BCUT2D eigenvalue weighted by atomic mass is 16.5. The first-order chi connectivity index (χ1) is 14.2. The summed E-state index contributed by atoms with van der Waals surface area (Å²) in [5.41, 5.74) is 3.03. The molecule has 4 rings (SSSR count). The van der Waals surface area contributed by atoms with Crippen molar-refractivity contribution in [2.45, 2.75) is 19.0 Å². The molecule has 4 aromatic rings. The number of hydrogen-bond donors (Lipinski definition) is 2. The standard InChI is InChI=1S/C26H25NO2/c1-18(19-10-4-3-5-11-19)27-26(22-14-8-9-15-24(22)29-2)25-21-13-7-6-12-20(21)16-17-23(25)28/h3-18,26-28H,1-2H3/t18-,26?/m0/s1. The highest BCUT2D eigenvalue weighted by Gasteiger charge is 2.25. The molecule has 0 saturated carbocycles. The van der Waals surface area contributed by atoms with Gasteiger partial charge in [-0.25, -0.2) is 0 Å². The lowest BCUT2D eigenvalue weighted by Gasteiger charge is -2.27. The van der Waals surface area contributed by atoms with Gasteiger partial charge in [-0.2, -0.15) is 0 Å². The molecule has 0 spiro atoms. The molecule has 0 saturated heterocycles. The van der Waals surface area contributed by atoms with Gasteiger partial charge in [0.15, 0.2) is 0 Å². The van der Waals surface area contributed by atoms with Crippen LogP contribution >= 0.6 is 0 Å². The average Bonchev–Trinajstić information content (AvgIpc) is 2.78. The monoisotopic (exact) mass is 383 g/mol. The van der Waals surface area contributed by atoms with E-state index < -0.39 is 0 Å². The summed E-state index contributed by atoms with van der Waals surface area (Å²) in [7, 11) is 1.68. The molecule has 0 aliphatic heterocycles. The molecule has 0 heterocycles. The highest BCUT2D eigenvalue weighted by Crippen LogP contribution is 2.40. The zero-order valence-electron chi connectivity index (χ0n) is 16.7. The van der Waals surface area contributed by atoms with Crippen LogP contribution in [0.5, 0.6) is 11.5 Å². The van der Waals surface area contributed by atoms with Gasteiger partial charge in [0, 0.05) is 17.2 Å². The van der Waals surface area contributed by atoms with Crippen molar-refractivity contribution in [1.29, 1.82) is 0 Å². The molecule has 4 aromatic carbocycles. The molecule has 2 N–H and O–H groups in total. The largest absolute Gasteiger partial charge is 0.508 e. The molecule has 0 amide bonds. The maximum atomic E-state index is 10.9. The van der Waals surface area contributed by atoms with Crippen LogP contribution in [-0.4, -0.2) is 12.2 Å². The molecule has 29 heavy (non-hydrogen) atoms. The van der Waals surface area contributed by atoms with Crippen molar-refractivity contribution in [3.63, 3.8) is 0 Å². The van der Waals surface area contributed by atoms with Crippen LogP contribution in [0.4, 0.5) is 0 Å². The number of phenolic OH excluding ortho intramolecular Hbond substituents is 1. The second-order valence-corrected chi connectivity index (χ2v) is 7.19. The Hall–Kier alpha value is -3.30. The topological polar surface area (TPSA) is 41.5 Å². The van der Waals surface area contributed by atoms with Gasteiger partial charge in [0.1, 0.15) is 11.5 Å².